The lowest BCUT2D eigenvalue weighted by molar-refractivity contribution is 0.772. The quantitative estimate of drug-likeness (QED) is 0.629. The summed E-state index contributed by atoms with van der Waals surface area (Å²) in [5.41, 5.74) is 6.74. The van der Waals surface area contributed by atoms with E-state index in [-0.39, 0.29) is 0 Å². The molecule has 0 heterocycles. The zero-order valence-electron chi connectivity index (χ0n) is 12.2. The first-order valence-corrected chi connectivity index (χ1v) is 6.77. The fourth-order valence-electron chi connectivity index (χ4n) is 1.08. The fraction of sp³-hybridized carbons (Fsp3) is 0.733. The van der Waals surface area contributed by atoms with Gasteiger partial charge in [0.25, 0.3) is 0 Å². The van der Waals surface area contributed by atoms with Crippen molar-refractivity contribution >= 4 is 0 Å². The zero-order chi connectivity index (χ0) is 13.2. The Morgan fingerprint density at radius 2 is 1.62 bits per heavy atom. The van der Waals surface area contributed by atoms with E-state index in [4.69, 9.17) is 5.73 Å². The Labute approximate surface area is 104 Å². The molecule has 0 radical (unpaired) electrons. The lowest BCUT2D eigenvalue weighted by Gasteiger charge is -1.97. The van der Waals surface area contributed by atoms with Gasteiger partial charge < -0.3 is 5.73 Å². The van der Waals surface area contributed by atoms with Gasteiger partial charge in [0.05, 0.1) is 0 Å². The first-order chi connectivity index (χ1) is 7.76. The summed E-state index contributed by atoms with van der Waals surface area (Å²) in [7, 11) is 0. The van der Waals surface area contributed by atoms with E-state index in [0.717, 1.165) is 19.4 Å². The Hall–Kier alpha value is -0.560. The summed E-state index contributed by atoms with van der Waals surface area (Å²) >= 11 is 0. The van der Waals surface area contributed by atoms with E-state index in [1.54, 1.807) is 0 Å². The van der Waals surface area contributed by atoms with Crippen molar-refractivity contribution in [2.75, 3.05) is 6.54 Å². The molecule has 0 aromatic carbocycles. The molecule has 16 heavy (non-hydrogen) atoms. The highest BCUT2D eigenvalue weighted by atomic mass is 14.5. The number of unbranched alkanes of at least 4 members (excludes halogenated alkanes) is 2. The Morgan fingerprint density at radius 1 is 1.12 bits per heavy atom. The lowest BCUT2D eigenvalue weighted by atomic mass is 10.1. The normalized spacial score (nSPS) is 9.50. The molecule has 0 amide bonds. The second-order valence-corrected chi connectivity index (χ2v) is 3.31. The maximum absolute atomic E-state index is 5.36. The van der Waals surface area contributed by atoms with Crippen LogP contribution in [0.1, 0.15) is 66.7 Å². The lowest BCUT2D eigenvalue weighted by Crippen LogP contribution is -1.99. The minimum atomic E-state index is 0.744. The van der Waals surface area contributed by atoms with Crippen molar-refractivity contribution in [3.05, 3.63) is 24.3 Å². The molecule has 0 aliphatic carbocycles. The predicted octanol–water partition coefficient (Wildman–Crippen LogP) is 5.08. The molecule has 0 rings (SSSR count). The van der Waals surface area contributed by atoms with Gasteiger partial charge in [-0.2, -0.15) is 0 Å². The van der Waals surface area contributed by atoms with Gasteiger partial charge in [-0.1, -0.05) is 78.2 Å². The molecule has 0 aromatic heterocycles. The molecule has 0 bridgehead atoms. The summed E-state index contributed by atoms with van der Waals surface area (Å²) in [6, 6.07) is 0. The van der Waals surface area contributed by atoms with Crippen LogP contribution in [0, 0.1) is 0 Å². The van der Waals surface area contributed by atoms with E-state index in [1.165, 1.54) is 24.8 Å². The number of allylic oxidation sites excluding steroid dienone is 2. The van der Waals surface area contributed by atoms with Gasteiger partial charge in [0, 0.05) is 0 Å². The van der Waals surface area contributed by atoms with Gasteiger partial charge in [-0.25, -0.2) is 0 Å². The maximum atomic E-state index is 5.36. The zero-order valence-corrected chi connectivity index (χ0v) is 12.2. The summed E-state index contributed by atoms with van der Waals surface area (Å²) in [6.45, 7) is 14.9. The summed E-state index contributed by atoms with van der Waals surface area (Å²) in [5.74, 6) is 0. The Kier molecular flexibility index (Phi) is 31.1. The fourth-order valence-corrected chi connectivity index (χ4v) is 1.08. The van der Waals surface area contributed by atoms with E-state index in [2.05, 4.69) is 27.4 Å². The van der Waals surface area contributed by atoms with Crippen molar-refractivity contribution < 1.29 is 0 Å². The summed E-state index contributed by atoms with van der Waals surface area (Å²) in [5, 5.41) is 0. The van der Waals surface area contributed by atoms with Crippen LogP contribution in [0.2, 0.25) is 0 Å². The second kappa shape index (κ2) is 23.9. The van der Waals surface area contributed by atoms with Crippen LogP contribution in [-0.4, -0.2) is 6.54 Å². The Balaban J connectivity index is -0.000000205. The molecule has 0 saturated heterocycles. The highest BCUT2D eigenvalue weighted by Crippen LogP contribution is 2.03. The van der Waals surface area contributed by atoms with E-state index >= 15 is 0 Å². The van der Waals surface area contributed by atoms with Gasteiger partial charge in [0.1, 0.15) is 0 Å². The standard InChI is InChI=1S/C8H15N.C5H12.C2H6/c1-3-5-8(4-2)6-7-9;1-3-5-4-2;1-2/h3,5H,1,4,6-7,9H2,2H3;3-5H2,1-2H3;1-2H3/b8-5+;;. The predicted molar refractivity (Wildman–Crippen MR) is 78.8 cm³/mol. The van der Waals surface area contributed by atoms with Crippen molar-refractivity contribution in [1.82, 2.24) is 0 Å². The molecule has 0 atom stereocenters. The molecule has 2 N–H and O–H groups in total. The molecule has 98 valence electrons. The van der Waals surface area contributed by atoms with Crippen LogP contribution in [-0.2, 0) is 0 Å². The van der Waals surface area contributed by atoms with Crippen LogP contribution in [0.4, 0.5) is 0 Å². The van der Waals surface area contributed by atoms with Crippen LogP contribution in [0.5, 0.6) is 0 Å². The number of hydrogen-bond acceptors (Lipinski definition) is 1. The van der Waals surface area contributed by atoms with E-state index in [0.29, 0.717) is 0 Å². The summed E-state index contributed by atoms with van der Waals surface area (Å²) in [4.78, 5) is 0. The van der Waals surface area contributed by atoms with Crippen molar-refractivity contribution in [2.24, 2.45) is 5.73 Å². The molecule has 0 fully saturated rings. The van der Waals surface area contributed by atoms with Gasteiger partial charge in [0.2, 0.25) is 0 Å². The Bertz CT molecular complexity index is 134. The average molecular weight is 227 g/mol. The smallest absolute Gasteiger partial charge is 0.00398 e. The van der Waals surface area contributed by atoms with Crippen LogP contribution in [0.25, 0.3) is 0 Å². The molecule has 0 aromatic rings. The molecule has 0 aliphatic rings. The van der Waals surface area contributed by atoms with Crippen molar-refractivity contribution in [3.8, 4) is 0 Å². The molecule has 0 saturated carbocycles. The van der Waals surface area contributed by atoms with Crippen LogP contribution in [0.3, 0.4) is 0 Å². The summed E-state index contributed by atoms with van der Waals surface area (Å²) in [6.07, 6.45) is 10.0. The third-order valence-corrected chi connectivity index (χ3v) is 1.98. The van der Waals surface area contributed by atoms with Gasteiger partial charge in [-0.15, -0.1) is 0 Å². The minimum Gasteiger partial charge on any atom is -0.330 e. The Morgan fingerprint density at radius 3 is 1.81 bits per heavy atom. The second-order valence-electron chi connectivity index (χ2n) is 3.31. The number of hydrogen-bond donors (Lipinski definition) is 1. The van der Waals surface area contributed by atoms with Crippen molar-refractivity contribution in [3.63, 3.8) is 0 Å². The van der Waals surface area contributed by atoms with Crippen LogP contribution < -0.4 is 5.73 Å². The summed E-state index contributed by atoms with van der Waals surface area (Å²) < 4.78 is 0. The highest BCUT2D eigenvalue weighted by Gasteiger charge is 1.87. The molecule has 0 unspecified atom stereocenters. The van der Waals surface area contributed by atoms with E-state index in [1.807, 2.05) is 26.0 Å². The molecular weight excluding hydrogens is 194 g/mol. The average Bonchev–Trinajstić information content (AvgIpc) is 2.33. The molecule has 0 spiro atoms. The topological polar surface area (TPSA) is 26.0 Å². The van der Waals surface area contributed by atoms with E-state index < -0.39 is 0 Å². The van der Waals surface area contributed by atoms with E-state index in [9.17, 15) is 0 Å². The van der Waals surface area contributed by atoms with Crippen molar-refractivity contribution in [2.45, 2.75) is 66.7 Å². The highest BCUT2D eigenvalue weighted by molar-refractivity contribution is 5.09. The van der Waals surface area contributed by atoms with Crippen LogP contribution in [0.15, 0.2) is 24.3 Å². The first-order valence-electron chi connectivity index (χ1n) is 6.77. The van der Waals surface area contributed by atoms with Crippen LogP contribution >= 0.6 is 0 Å². The van der Waals surface area contributed by atoms with Crippen molar-refractivity contribution in [1.29, 1.82) is 0 Å². The molecular formula is C15H33N. The number of rotatable bonds is 6. The van der Waals surface area contributed by atoms with Gasteiger partial charge in [0.15, 0.2) is 0 Å². The van der Waals surface area contributed by atoms with Gasteiger partial charge >= 0.3 is 0 Å². The minimum absolute atomic E-state index is 0.744. The third-order valence-electron chi connectivity index (χ3n) is 1.98. The third kappa shape index (κ3) is 23.3. The monoisotopic (exact) mass is 227 g/mol. The number of nitrogens with two attached hydrogens (primary N) is 1. The van der Waals surface area contributed by atoms with Gasteiger partial charge in [-0.05, 0) is 19.4 Å². The molecule has 1 heteroatoms. The SMILES string of the molecule is C=C/C=C(\CC)CCN.CC.CCCCC. The molecule has 0 aliphatic heterocycles. The van der Waals surface area contributed by atoms with Gasteiger partial charge in [-0.3, -0.25) is 0 Å². The first kappa shape index (κ1) is 20.8. The molecule has 1 nitrogen and oxygen atoms in total. The largest absolute Gasteiger partial charge is 0.330 e. The maximum Gasteiger partial charge on any atom is -0.00398 e.